The van der Waals surface area contributed by atoms with Gasteiger partial charge in [-0.25, -0.2) is 0 Å². The van der Waals surface area contributed by atoms with Crippen molar-refractivity contribution in [3.05, 3.63) is 32.7 Å². The van der Waals surface area contributed by atoms with Gasteiger partial charge in [0.15, 0.2) is 0 Å². The molecule has 0 spiro atoms. The topological polar surface area (TPSA) is 12.0 Å². The van der Waals surface area contributed by atoms with Gasteiger partial charge >= 0.3 is 0 Å². The SMILES string of the molecule is CNC(c1cc(Br)ccc1Br)C1C2C3CCC(C3)C21. The van der Waals surface area contributed by atoms with E-state index in [-0.39, 0.29) is 0 Å². The van der Waals surface area contributed by atoms with E-state index >= 15 is 0 Å². The minimum Gasteiger partial charge on any atom is -0.313 e. The fourth-order valence-corrected chi connectivity index (χ4v) is 6.02. The maximum absolute atomic E-state index is 3.73. The molecule has 3 saturated carbocycles. The third-order valence-electron chi connectivity index (χ3n) is 5.78. The van der Waals surface area contributed by atoms with Crippen LogP contribution in [-0.4, -0.2) is 7.05 Å². The lowest BCUT2D eigenvalue weighted by Gasteiger charge is -2.22. The highest BCUT2D eigenvalue weighted by atomic mass is 79.9. The summed E-state index contributed by atoms with van der Waals surface area (Å²) < 4.78 is 2.42. The van der Waals surface area contributed by atoms with Crippen LogP contribution < -0.4 is 5.32 Å². The molecule has 2 bridgehead atoms. The summed E-state index contributed by atoms with van der Waals surface area (Å²) in [6.07, 6.45) is 4.53. The molecule has 0 aromatic heterocycles. The Morgan fingerprint density at radius 1 is 1.16 bits per heavy atom. The summed E-state index contributed by atoms with van der Waals surface area (Å²) in [6.45, 7) is 0. The Labute approximate surface area is 131 Å². The fourth-order valence-electron chi connectivity index (χ4n) is 5.15. The Bertz CT molecular complexity index is 499. The van der Waals surface area contributed by atoms with Gasteiger partial charge in [-0.2, -0.15) is 0 Å². The van der Waals surface area contributed by atoms with Crippen molar-refractivity contribution in [1.82, 2.24) is 5.32 Å². The Kier molecular flexibility index (Phi) is 3.09. The molecule has 3 fully saturated rings. The predicted molar refractivity (Wildman–Crippen MR) is 84.9 cm³/mol. The maximum Gasteiger partial charge on any atom is 0.0363 e. The van der Waals surface area contributed by atoms with Gasteiger partial charge in [-0.15, -0.1) is 0 Å². The minimum absolute atomic E-state index is 0.519. The average molecular weight is 385 g/mol. The van der Waals surface area contributed by atoms with Crippen LogP contribution >= 0.6 is 31.9 Å². The van der Waals surface area contributed by atoms with Crippen LogP contribution in [-0.2, 0) is 0 Å². The third kappa shape index (κ3) is 1.88. The Morgan fingerprint density at radius 2 is 1.84 bits per heavy atom. The lowest BCUT2D eigenvalue weighted by atomic mass is 9.93. The van der Waals surface area contributed by atoms with Crippen molar-refractivity contribution >= 4 is 31.9 Å². The van der Waals surface area contributed by atoms with Crippen LogP contribution in [0.15, 0.2) is 27.1 Å². The number of fused-ring (bicyclic) bond motifs is 5. The lowest BCUT2D eigenvalue weighted by molar-refractivity contribution is 0.385. The summed E-state index contributed by atoms with van der Waals surface area (Å²) in [5.41, 5.74) is 1.43. The molecule has 0 heterocycles. The highest BCUT2D eigenvalue weighted by Gasteiger charge is 2.66. The van der Waals surface area contributed by atoms with E-state index in [2.05, 4.69) is 62.4 Å². The highest BCUT2D eigenvalue weighted by molar-refractivity contribution is 9.11. The number of halogens is 2. The molecule has 0 radical (unpaired) electrons. The third-order valence-corrected chi connectivity index (χ3v) is 7.00. The van der Waals surface area contributed by atoms with Crippen LogP contribution in [0.5, 0.6) is 0 Å². The Hall–Kier alpha value is 0.140. The van der Waals surface area contributed by atoms with Crippen molar-refractivity contribution in [3.8, 4) is 0 Å². The van der Waals surface area contributed by atoms with E-state index in [0.717, 1.165) is 29.6 Å². The number of hydrogen-bond donors (Lipinski definition) is 1. The van der Waals surface area contributed by atoms with Gasteiger partial charge in [0.05, 0.1) is 0 Å². The molecule has 3 heteroatoms. The Balaban J connectivity index is 1.64. The second-order valence-corrected chi connectivity index (χ2v) is 8.27. The van der Waals surface area contributed by atoms with Gasteiger partial charge in [0.25, 0.3) is 0 Å². The zero-order valence-corrected chi connectivity index (χ0v) is 14.2. The molecule has 1 aromatic carbocycles. The molecule has 0 aliphatic heterocycles. The van der Waals surface area contributed by atoms with Gasteiger partial charge in [-0.3, -0.25) is 0 Å². The van der Waals surface area contributed by atoms with Crippen LogP contribution in [0.2, 0.25) is 0 Å². The van der Waals surface area contributed by atoms with Crippen molar-refractivity contribution in [3.63, 3.8) is 0 Å². The van der Waals surface area contributed by atoms with Crippen molar-refractivity contribution in [2.45, 2.75) is 25.3 Å². The first-order valence-electron chi connectivity index (χ1n) is 7.33. The van der Waals surface area contributed by atoms with Crippen LogP contribution in [0.4, 0.5) is 0 Å². The number of benzene rings is 1. The first-order valence-corrected chi connectivity index (χ1v) is 8.91. The summed E-state index contributed by atoms with van der Waals surface area (Å²) in [4.78, 5) is 0. The number of nitrogens with one attached hydrogen (secondary N) is 1. The van der Waals surface area contributed by atoms with Crippen LogP contribution in [0, 0.1) is 29.6 Å². The predicted octanol–water partition coefficient (Wildman–Crippen LogP) is 4.76. The van der Waals surface area contributed by atoms with Gasteiger partial charge in [-0.05, 0) is 79.7 Å². The summed E-state index contributed by atoms with van der Waals surface area (Å²) in [7, 11) is 2.12. The second-order valence-electron chi connectivity index (χ2n) is 6.50. The normalized spacial score (nSPS) is 40.3. The van der Waals surface area contributed by atoms with Gasteiger partial charge in [0.1, 0.15) is 0 Å². The molecule has 3 aliphatic rings. The molecule has 102 valence electrons. The van der Waals surface area contributed by atoms with Gasteiger partial charge in [-0.1, -0.05) is 31.9 Å². The monoisotopic (exact) mass is 383 g/mol. The molecule has 5 atom stereocenters. The van der Waals surface area contributed by atoms with Gasteiger partial charge in [0, 0.05) is 15.0 Å². The molecule has 1 nitrogen and oxygen atoms in total. The molecular formula is C16H19Br2N. The van der Waals surface area contributed by atoms with Gasteiger partial charge < -0.3 is 5.32 Å². The average Bonchev–Trinajstić information content (AvgIpc) is 2.82. The van der Waals surface area contributed by atoms with Crippen molar-refractivity contribution in [1.29, 1.82) is 0 Å². The van der Waals surface area contributed by atoms with E-state index in [1.165, 1.54) is 33.8 Å². The second kappa shape index (κ2) is 4.57. The number of rotatable bonds is 3. The molecule has 0 saturated heterocycles. The van der Waals surface area contributed by atoms with Crippen LogP contribution in [0.25, 0.3) is 0 Å². The smallest absolute Gasteiger partial charge is 0.0363 e. The van der Waals surface area contributed by atoms with E-state index in [1.54, 1.807) is 0 Å². The van der Waals surface area contributed by atoms with Gasteiger partial charge in [0.2, 0.25) is 0 Å². The van der Waals surface area contributed by atoms with E-state index in [1.807, 2.05) is 0 Å². The minimum atomic E-state index is 0.519. The van der Waals surface area contributed by atoms with Crippen molar-refractivity contribution in [2.75, 3.05) is 7.05 Å². The number of hydrogen-bond acceptors (Lipinski definition) is 1. The first kappa shape index (κ1) is 12.8. The van der Waals surface area contributed by atoms with E-state index in [9.17, 15) is 0 Å². The van der Waals surface area contributed by atoms with E-state index in [0.29, 0.717) is 6.04 Å². The summed E-state index contributed by atoms with van der Waals surface area (Å²) in [5.74, 6) is 4.99. The molecule has 0 amide bonds. The van der Waals surface area contributed by atoms with Crippen molar-refractivity contribution < 1.29 is 0 Å². The Morgan fingerprint density at radius 3 is 2.47 bits per heavy atom. The van der Waals surface area contributed by atoms with Crippen LogP contribution in [0.3, 0.4) is 0 Å². The molecule has 5 unspecified atom stereocenters. The largest absolute Gasteiger partial charge is 0.313 e. The quantitative estimate of drug-likeness (QED) is 0.791. The molecule has 1 aromatic rings. The van der Waals surface area contributed by atoms with Crippen LogP contribution in [0.1, 0.15) is 30.9 Å². The molecule has 3 aliphatic carbocycles. The summed E-state index contributed by atoms with van der Waals surface area (Å²) >= 11 is 7.34. The molecule has 19 heavy (non-hydrogen) atoms. The summed E-state index contributed by atoms with van der Waals surface area (Å²) in [6, 6.07) is 7.07. The molecule has 4 rings (SSSR count). The zero-order valence-electron chi connectivity index (χ0n) is 11.1. The standard InChI is InChI=1S/C16H19Br2N/c1-19-16(11-7-10(17)4-5-12(11)18)15-13-8-2-3-9(6-8)14(13)15/h4-5,7-9,13-16,19H,2-3,6H2,1H3. The first-order chi connectivity index (χ1) is 9.20. The summed E-state index contributed by atoms with van der Waals surface area (Å²) in [5, 5.41) is 3.60. The maximum atomic E-state index is 3.73. The molecular weight excluding hydrogens is 366 g/mol. The van der Waals surface area contributed by atoms with Crippen molar-refractivity contribution in [2.24, 2.45) is 29.6 Å². The molecule has 1 N–H and O–H groups in total. The van der Waals surface area contributed by atoms with E-state index in [4.69, 9.17) is 0 Å². The fraction of sp³-hybridized carbons (Fsp3) is 0.625. The zero-order chi connectivity index (χ0) is 13.1. The highest BCUT2D eigenvalue weighted by Crippen LogP contribution is 2.72. The lowest BCUT2D eigenvalue weighted by Crippen LogP contribution is -2.22. The van der Waals surface area contributed by atoms with E-state index < -0.39 is 0 Å².